The monoisotopic (exact) mass is 198 g/mol. The summed E-state index contributed by atoms with van der Waals surface area (Å²) in [6, 6.07) is 2.84. The molecule has 1 aromatic rings. The van der Waals surface area contributed by atoms with Gasteiger partial charge in [-0.25, -0.2) is 8.78 Å². The van der Waals surface area contributed by atoms with Gasteiger partial charge in [-0.3, -0.25) is 4.79 Å². The van der Waals surface area contributed by atoms with Crippen LogP contribution in [0.5, 0.6) is 0 Å². The Labute approximate surface area is 79.5 Å². The van der Waals surface area contributed by atoms with E-state index < -0.39 is 24.0 Å². The number of carboxylic acid groups (broad SMARTS) is 1. The highest BCUT2D eigenvalue weighted by Crippen LogP contribution is 2.20. The quantitative estimate of drug-likeness (QED) is 0.809. The van der Waals surface area contributed by atoms with Gasteiger partial charge in [0.15, 0.2) is 0 Å². The van der Waals surface area contributed by atoms with Crippen LogP contribution >= 0.6 is 0 Å². The molecule has 1 aromatic carbocycles. The van der Waals surface area contributed by atoms with Crippen LogP contribution in [0.2, 0.25) is 0 Å². The fourth-order valence-corrected chi connectivity index (χ4v) is 1.05. The van der Waals surface area contributed by atoms with Gasteiger partial charge < -0.3 is 5.11 Å². The normalized spacial score (nSPS) is 9.86. The summed E-state index contributed by atoms with van der Waals surface area (Å²) in [5.41, 5.74) is -0.0399. The first-order valence-corrected chi connectivity index (χ1v) is 3.85. The second-order valence-electron chi connectivity index (χ2n) is 2.80. The van der Waals surface area contributed by atoms with Crippen molar-refractivity contribution in [3.05, 3.63) is 42.0 Å². The summed E-state index contributed by atoms with van der Waals surface area (Å²) in [4.78, 5) is 10.3. The van der Waals surface area contributed by atoms with E-state index in [9.17, 15) is 13.6 Å². The fourth-order valence-electron chi connectivity index (χ4n) is 1.05. The van der Waals surface area contributed by atoms with Gasteiger partial charge in [-0.15, -0.1) is 0 Å². The molecule has 0 spiro atoms. The predicted octanol–water partition coefficient (Wildman–Crippen LogP) is 2.45. The lowest BCUT2D eigenvalue weighted by Crippen LogP contribution is -1.98. The molecule has 0 aliphatic carbocycles. The molecule has 0 amide bonds. The molecule has 0 unspecified atom stereocenters. The van der Waals surface area contributed by atoms with Gasteiger partial charge in [0.2, 0.25) is 0 Å². The Hall–Kier alpha value is -1.71. The summed E-state index contributed by atoms with van der Waals surface area (Å²) in [5, 5.41) is 8.43. The highest BCUT2D eigenvalue weighted by atomic mass is 19.1. The molecule has 74 valence electrons. The zero-order valence-electron chi connectivity index (χ0n) is 7.26. The van der Waals surface area contributed by atoms with E-state index in [4.69, 9.17) is 5.11 Å². The molecule has 0 aliphatic rings. The Balaban J connectivity index is 3.00. The SMILES string of the molecule is C=C(CC(=O)O)c1cc(F)ccc1F. The van der Waals surface area contributed by atoms with E-state index in [1.807, 2.05) is 0 Å². The van der Waals surface area contributed by atoms with Gasteiger partial charge in [0.25, 0.3) is 0 Å². The van der Waals surface area contributed by atoms with Crippen molar-refractivity contribution in [1.82, 2.24) is 0 Å². The van der Waals surface area contributed by atoms with Gasteiger partial charge in [-0.05, 0) is 23.8 Å². The number of aliphatic carboxylic acids is 1. The van der Waals surface area contributed by atoms with Crippen LogP contribution in [-0.4, -0.2) is 11.1 Å². The molecule has 0 aliphatic heterocycles. The highest BCUT2D eigenvalue weighted by molar-refractivity contribution is 5.83. The number of benzene rings is 1. The van der Waals surface area contributed by atoms with Crippen molar-refractivity contribution < 1.29 is 18.7 Å². The fraction of sp³-hybridized carbons (Fsp3) is 0.100. The van der Waals surface area contributed by atoms with Crippen LogP contribution in [0.25, 0.3) is 5.57 Å². The summed E-state index contributed by atoms with van der Waals surface area (Å²) in [6.07, 6.45) is -0.402. The third-order valence-electron chi connectivity index (χ3n) is 1.67. The summed E-state index contributed by atoms with van der Waals surface area (Å²) in [7, 11) is 0. The van der Waals surface area contributed by atoms with E-state index >= 15 is 0 Å². The number of rotatable bonds is 3. The molecule has 1 rings (SSSR count). The number of carbonyl (C=O) groups is 1. The van der Waals surface area contributed by atoms with Crippen molar-refractivity contribution in [3.63, 3.8) is 0 Å². The lowest BCUT2D eigenvalue weighted by atomic mass is 10.0. The van der Waals surface area contributed by atoms with E-state index in [2.05, 4.69) is 6.58 Å². The molecule has 0 fully saturated rings. The lowest BCUT2D eigenvalue weighted by Gasteiger charge is -2.04. The predicted molar refractivity (Wildman–Crippen MR) is 47.6 cm³/mol. The zero-order valence-corrected chi connectivity index (χ0v) is 7.26. The topological polar surface area (TPSA) is 37.3 Å². The van der Waals surface area contributed by atoms with Gasteiger partial charge in [-0.2, -0.15) is 0 Å². The molecule has 0 atom stereocenters. The minimum absolute atomic E-state index is 0.0505. The van der Waals surface area contributed by atoms with Crippen LogP contribution in [0.15, 0.2) is 24.8 Å². The summed E-state index contributed by atoms with van der Waals surface area (Å²) in [6.45, 7) is 3.38. The average molecular weight is 198 g/mol. The Morgan fingerprint density at radius 1 is 1.43 bits per heavy atom. The van der Waals surface area contributed by atoms with Crippen molar-refractivity contribution in [2.45, 2.75) is 6.42 Å². The van der Waals surface area contributed by atoms with E-state index in [1.165, 1.54) is 0 Å². The summed E-state index contributed by atoms with van der Waals surface area (Å²) >= 11 is 0. The van der Waals surface area contributed by atoms with E-state index in [-0.39, 0.29) is 11.1 Å². The van der Waals surface area contributed by atoms with Crippen LogP contribution < -0.4 is 0 Å². The first kappa shape index (κ1) is 10.4. The maximum absolute atomic E-state index is 13.1. The molecule has 2 nitrogen and oxygen atoms in total. The lowest BCUT2D eigenvalue weighted by molar-refractivity contribution is -0.135. The van der Waals surface area contributed by atoms with Gasteiger partial charge in [-0.1, -0.05) is 6.58 Å². The minimum Gasteiger partial charge on any atom is -0.481 e. The van der Waals surface area contributed by atoms with Crippen LogP contribution in [0.1, 0.15) is 12.0 Å². The Bertz CT molecular complexity index is 386. The van der Waals surface area contributed by atoms with Gasteiger partial charge in [0, 0.05) is 5.56 Å². The van der Waals surface area contributed by atoms with Crippen molar-refractivity contribution in [3.8, 4) is 0 Å². The van der Waals surface area contributed by atoms with Gasteiger partial charge in [0.05, 0.1) is 6.42 Å². The third-order valence-corrected chi connectivity index (χ3v) is 1.67. The molecule has 0 saturated heterocycles. The van der Waals surface area contributed by atoms with Crippen molar-refractivity contribution >= 4 is 11.5 Å². The average Bonchev–Trinajstić information content (AvgIpc) is 2.08. The van der Waals surface area contributed by atoms with E-state index in [0.717, 1.165) is 18.2 Å². The number of halogens is 2. The van der Waals surface area contributed by atoms with Crippen LogP contribution in [-0.2, 0) is 4.79 Å². The number of hydrogen-bond acceptors (Lipinski definition) is 1. The molecule has 1 N–H and O–H groups in total. The molecule has 4 heteroatoms. The third kappa shape index (κ3) is 2.39. The van der Waals surface area contributed by atoms with Crippen molar-refractivity contribution in [2.75, 3.05) is 0 Å². The second-order valence-corrected chi connectivity index (χ2v) is 2.80. The van der Waals surface area contributed by atoms with Gasteiger partial charge in [0.1, 0.15) is 11.6 Å². The Morgan fingerprint density at radius 3 is 2.64 bits per heavy atom. The maximum Gasteiger partial charge on any atom is 0.307 e. The standard InChI is InChI=1S/C10H8F2O2/c1-6(4-10(13)14)8-5-7(11)2-3-9(8)12/h2-3,5H,1,4H2,(H,13,14). The zero-order chi connectivity index (χ0) is 10.7. The summed E-state index contributed by atoms with van der Waals surface area (Å²) < 4.78 is 25.7. The highest BCUT2D eigenvalue weighted by Gasteiger charge is 2.10. The van der Waals surface area contributed by atoms with Crippen LogP contribution in [0, 0.1) is 11.6 Å². The second kappa shape index (κ2) is 4.00. The van der Waals surface area contributed by atoms with Crippen LogP contribution in [0.3, 0.4) is 0 Å². The van der Waals surface area contributed by atoms with E-state index in [1.54, 1.807) is 0 Å². The molecule has 0 radical (unpaired) electrons. The van der Waals surface area contributed by atoms with Crippen molar-refractivity contribution in [2.24, 2.45) is 0 Å². The molecular formula is C10H8F2O2. The molecular weight excluding hydrogens is 190 g/mol. The molecule has 14 heavy (non-hydrogen) atoms. The largest absolute Gasteiger partial charge is 0.481 e. The molecule has 0 saturated carbocycles. The smallest absolute Gasteiger partial charge is 0.307 e. The van der Waals surface area contributed by atoms with Crippen molar-refractivity contribution in [1.29, 1.82) is 0 Å². The first-order valence-electron chi connectivity index (χ1n) is 3.85. The number of hydrogen-bond donors (Lipinski definition) is 1. The first-order chi connectivity index (χ1) is 6.50. The molecule has 0 aromatic heterocycles. The minimum atomic E-state index is -1.13. The summed E-state index contributed by atoms with van der Waals surface area (Å²) in [5.74, 6) is -2.41. The Kier molecular flexibility index (Phi) is 2.96. The Morgan fingerprint density at radius 2 is 2.07 bits per heavy atom. The van der Waals surface area contributed by atoms with E-state index in [0.29, 0.717) is 0 Å². The van der Waals surface area contributed by atoms with Gasteiger partial charge >= 0.3 is 5.97 Å². The number of carboxylic acids is 1. The molecule has 0 heterocycles. The maximum atomic E-state index is 13.1. The molecule has 0 bridgehead atoms. The van der Waals surface area contributed by atoms with Crippen LogP contribution in [0.4, 0.5) is 8.78 Å².